The van der Waals surface area contributed by atoms with Gasteiger partial charge in [-0.15, -0.1) is 0 Å². The van der Waals surface area contributed by atoms with Gasteiger partial charge in [-0.25, -0.2) is 0 Å². The van der Waals surface area contributed by atoms with Crippen molar-refractivity contribution in [3.8, 4) is 0 Å². The molecule has 0 amide bonds. The smallest absolute Gasteiger partial charge is 0.0544 e. The Balaban J connectivity index is 1.22. The van der Waals surface area contributed by atoms with Crippen LogP contribution in [0, 0.1) is 29.6 Å². The van der Waals surface area contributed by atoms with Crippen LogP contribution in [0.1, 0.15) is 114 Å². The highest BCUT2D eigenvalue weighted by molar-refractivity contribution is 6.80. The van der Waals surface area contributed by atoms with Gasteiger partial charge in [-0.1, -0.05) is 127 Å². The molecule has 4 fully saturated rings. The first-order chi connectivity index (χ1) is 18.2. The number of hydrogen-bond acceptors (Lipinski definition) is 0. The van der Waals surface area contributed by atoms with Crippen molar-refractivity contribution in [2.45, 2.75) is 127 Å². The second kappa shape index (κ2) is 10.2. The van der Waals surface area contributed by atoms with Gasteiger partial charge in [-0.05, 0) is 100 Å². The Morgan fingerprint density at radius 3 is 1.89 bits per heavy atom. The van der Waals surface area contributed by atoms with Crippen molar-refractivity contribution < 1.29 is 0 Å². The van der Waals surface area contributed by atoms with Crippen molar-refractivity contribution in [3.63, 3.8) is 0 Å². The maximum absolute atomic E-state index is 2.87. The molecular weight excluding hydrogens is 472 g/mol. The molecule has 9 atom stereocenters. The lowest BCUT2D eigenvalue weighted by molar-refractivity contribution is 0.227. The average Bonchev–Trinajstić information content (AvgIpc) is 3.50. The first-order valence-electron chi connectivity index (χ1n) is 16.3. The summed E-state index contributed by atoms with van der Waals surface area (Å²) in [6, 6.07) is 21.5. The van der Waals surface area contributed by atoms with Crippen LogP contribution >= 0.6 is 0 Å². The Kier molecular flexibility index (Phi) is 7.24. The third kappa shape index (κ3) is 4.67. The first-order valence-corrected chi connectivity index (χ1v) is 19.5. The zero-order valence-electron chi connectivity index (χ0n) is 25.3. The zero-order valence-corrected chi connectivity index (χ0v) is 26.3. The molecular formula is C37H54Si. The molecule has 0 saturated heterocycles. The largest absolute Gasteiger partial charge is 0.0689 e. The van der Waals surface area contributed by atoms with Gasteiger partial charge >= 0.3 is 0 Å². The third-order valence-corrected chi connectivity index (χ3v) is 17.9. The van der Waals surface area contributed by atoms with Gasteiger partial charge in [0, 0.05) is 0 Å². The number of rotatable bonds is 4. The van der Waals surface area contributed by atoms with E-state index in [0.29, 0.717) is 0 Å². The molecule has 0 spiro atoms. The molecule has 6 rings (SSSR count). The molecule has 2 aromatic carbocycles. The van der Waals surface area contributed by atoms with E-state index in [1.807, 2.05) is 0 Å². The Bertz CT molecular complexity index is 1080. The predicted octanol–water partition coefficient (Wildman–Crippen LogP) is 11.0. The van der Waals surface area contributed by atoms with Crippen molar-refractivity contribution in [1.29, 1.82) is 0 Å². The first kappa shape index (κ1) is 26.9. The highest BCUT2D eigenvalue weighted by atomic mass is 28.3. The van der Waals surface area contributed by atoms with Crippen molar-refractivity contribution >= 4 is 8.07 Å². The number of hydrogen-bond donors (Lipinski definition) is 0. The molecule has 0 aromatic heterocycles. The summed E-state index contributed by atoms with van der Waals surface area (Å²) in [5, 5.41) is 0. The van der Waals surface area contributed by atoms with E-state index in [4.69, 9.17) is 0 Å². The SMILES string of the molecule is CC1CC2C(c3ccccc3)CCCC2C1[Si](C)(C)C1CCC2C(c3ccc(C(C)(C)C)cc3)CCCC21. The quantitative estimate of drug-likeness (QED) is 0.347. The molecule has 4 aliphatic carbocycles. The summed E-state index contributed by atoms with van der Waals surface area (Å²) >= 11 is 0. The lowest BCUT2D eigenvalue weighted by atomic mass is 9.70. The highest BCUT2D eigenvalue weighted by Gasteiger charge is 2.57. The van der Waals surface area contributed by atoms with Gasteiger partial charge in [0.2, 0.25) is 0 Å². The standard InChI is InChI=1S/C37H54Si/c1-25-24-34-30(26-12-8-7-9-13-26)15-11-17-33(34)36(25)38(5,6)35-23-22-31-29(14-10-16-32(31)35)27-18-20-28(21-19-27)37(2,3)4/h7-9,12-13,18-21,25,29-36H,10-11,14-17,22-24H2,1-6H3. The molecule has 1 heteroatoms. The maximum atomic E-state index is 2.87. The van der Waals surface area contributed by atoms with Gasteiger partial charge in [-0.3, -0.25) is 0 Å². The molecule has 0 radical (unpaired) electrons. The Hall–Kier alpha value is -1.34. The van der Waals surface area contributed by atoms with Crippen LogP contribution in [0.5, 0.6) is 0 Å². The van der Waals surface area contributed by atoms with E-state index in [9.17, 15) is 0 Å². The number of benzene rings is 2. The van der Waals surface area contributed by atoms with Crippen molar-refractivity contribution in [2.75, 3.05) is 0 Å². The molecule has 0 N–H and O–H groups in total. The Morgan fingerprint density at radius 2 is 1.24 bits per heavy atom. The minimum atomic E-state index is -1.41. The topological polar surface area (TPSA) is 0 Å². The molecule has 4 saturated carbocycles. The van der Waals surface area contributed by atoms with E-state index in [2.05, 4.69) is 95.4 Å². The molecule has 0 nitrogen and oxygen atoms in total. The van der Waals surface area contributed by atoms with Crippen LogP contribution < -0.4 is 0 Å². The summed E-state index contributed by atoms with van der Waals surface area (Å²) in [7, 11) is -1.41. The molecule has 2 aromatic rings. The molecule has 4 aliphatic rings. The highest BCUT2D eigenvalue weighted by Crippen LogP contribution is 2.66. The summed E-state index contributed by atoms with van der Waals surface area (Å²) < 4.78 is 0. The van der Waals surface area contributed by atoms with Gasteiger partial charge in [-0.2, -0.15) is 0 Å². The van der Waals surface area contributed by atoms with Crippen LogP contribution in [-0.4, -0.2) is 8.07 Å². The minimum absolute atomic E-state index is 0.246. The second-order valence-electron chi connectivity index (χ2n) is 15.8. The summed E-state index contributed by atoms with van der Waals surface area (Å²) in [5.41, 5.74) is 7.11. The fourth-order valence-electron chi connectivity index (χ4n) is 11.1. The second-order valence-corrected chi connectivity index (χ2v) is 20.8. The van der Waals surface area contributed by atoms with E-state index in [1.54, 1.807) is 11.1 Å². The third-order valence-electron chi connectivity index (χ3n) is 12.5. The van der Waals surface area contributed by atoms with E-state index in [0.717, 1.165) is 52.5 Å². The molecule has 0 bridgehead atoms. The maximum Gasteiger partial charge on any atom is 0.0544 e. The van der Waals surface area contributed by atoms with Crippen LogP contribution in [0.2, 0.25) is 24.2 Å². The van der Waals surface area contributed by atoms with E-state index in [1.165, 1.54) is 63.4 Å². The minimum Gasteiger partial charge on any atom is -0.0689 e. The molecule has 38 heavy (non-hydrogen) atoms. The lowest BCUT2D eigenvalue weighted by Crippen LogP contribution is -2.45. The summed E-state index contributed by atoms with van der Waals surface area (Å²) in [6.07, 6.45) is 13.3. The van der Waals surface area contributed by atoms with Gasteiger partial charge in [0.15, 0.2) is 0 Å². The summed E-state index contributed by atoms with van der Waals surface area (Å²) in [6.45, 7) is 15.4. The van der Waals surface area contributed by atoms with Crippen LogP contribution in [0.4, 0.5) is 0 Å². The fraction of sp³-hybridized carbons (Fsp3) is 0.676. The lowest BCUT2D eigenvalue weighted by Gasteiger charge is -2.48. The van der Waals surface area contributed by atoms with Crippen LogP contribution in [0.25, 0.3) is 0 Å². The molecule has 0 heterocycles. The predicted molar refractivity (Wildman–Crippen MR) is 167 cm³/mol. The van der Waals surface area contributed by atoms with E-state index < -0.39 is 8.07 Å². The fourth-order valence-corrected chi connectivity index (χ4v) is 17.1. The van der Waals surface area contributed by atoms with Crippen LogP contribution in [-0.2, 0) is 5.41 Å². The van der Waals surface area contributed by atoms with E-state index in [-0.39, 0.29) is 5.41 Å². The number of fused-ring (bicyclic) bond motifs is 2. The zero-order chi connectivity index (χ0) is 26.7. The van der Waals surface area contributed by atoms with Crippen LogP contribution in [0.3, 0.4) is 0 Å². The average molecular weight is 527 g/mol. The Labute approximate surface area is 235 Å². The summed E-state index contributed by atoms with van der Waals surface area (Å²) in [4.78, 5) is 0. The van der Waals surface area contributed by atoms with Crippen molar-refractivity contribution in [3.05, 3.63) is 71.3 Å². The monoisotopic (exact) mass is 526 g/mol. The summed E-state index contributed by atoms with van der Waals surface area (Å²) in [5.74, 6) is 6.43. The molecule has 0 aliphatic heterocycles. The van der Waals surface area contributed by atoms with Crippen molar-refractivity contribution in [2.24, 2.45) is 29.6 Å². The van der Waals surface area contributed by atoms with Gasteiger partial charge in [0.25, 0.3) is 0 Å². The normalized spacial score (nSPS) is 37.6. The van der Waals surface area contributed by atoms with Gasteiger partial charge in [0.1, 0.15) is 0 Å². The molecule has 9 unspecified atom stereocenters. The van der Waals surface area contributed by atoms with Gasteiger partial charge < -0.3 is 0 Å². The van der Waals surface area contributed by atoms with Gasteiger partial charge in [0.05, 0.1) is 8.07 Å². The molecule has 206 valence electrons. The van der Waals surface area contributed by atoms with Crippen molar-refractivity contribution in [1.82, 2.24) is 0 Å². The Morgan fingerprint density at radius 1 is 0.632 bits per heavy atom. The van der Waals surface area contributed by atoms with E-state index >= 15 is 0 Å². The van der Waals surface area contributed by atoms with Crippen LogP contribution in [0.15, 0.2) is 54.6 Å².